The van der Waals surface area contributed by atoms with Gasteiger partial charge in [-0.15, -0.1) is 0 Å². The average Bonchev–Trinajstić information content (AvgIpc) is 3.24. The standard InChI is InChI=1S/C16H12N2O7/c19-13(8-2-1-3-9(6-8)18(22)23)17-7-16-5-4-10(25-16)11-12(16)15(21)24-14(11)20/h1-6,10-12H,7H2,(H,17,19)/t10-,11-,12+,16-/m0/s1. The van der Waals surface area contributed by atoms with Crippen molar-refractivity contribution >= 4 is 23.5 Å². The number of rotatable bonds is 4. The minimum Gasteiger partial charge on any atom is -0.393 e. The fraction of sp³-hybridized carbons (Fsp3) is 0.312. The number of nitro benzene ring substituents is 1. The first-order chi connectivity index (χ1) is 11.9. The topological polar surface area (TPSA) is 125 Å². The Hall–Kier alpha value is -3.07. The summed E-state index contributed by atoms with van der Waals surface area (Å²) in [5.74, 6) is -3.30. The lowest BCUT2D eigenvalue weighted by molar-refractivity contribution is -0.384. The lowest BCUT2D eigenvalue weighted by Crippen LogP contribution is -2.47. The van der Waals surface area contributed by atoms with E-state index in [9.17, 15) is 24.5 Å². The van der Waals surface area contributed by atoms with Crippen molar-refractivity contribution in [1.29, 1.82) is 0 Å². The summed E-state index contributed by atoms with van der Waals surface area (Å²) in [7, 11) is 0. The van der Waals surface area contributed by atoms with Gasteiger partial charge in [-0.05, 0) is 6.07 Å². The molecule has 9 heteroatoms. The molecule has 2 fully saturated rings. The molecule has 1 aromatic carbocycles. The number of hydrogen-bond acceptors (Lipinski definition) is 7. The van der Waals surface area contributed by atoms with Crippen LogP contribution in [0.5, 0.6) is 0 Å². The predicted molar refractivity (Wildman–Crippen MR) is 80.3 cm³/mol. The van der Waals surface area contributed by atoms with Gasteiger partial charge in [-0.3, -0.25) is 24.5 Å². The highest BCUT2D eigenvalue weighted by atomic mass is 16.6. The number of esters is 2. The summed E-state index contributed by atoms with van der Waals surface area (Å²) < 4.78 is 10.4. The van der Waals surface area contributed by atoms with Crippen molar-refractivity contribution in [3.05, 3.63) is 52.1 Å². The second-order valence-electron chi connectivity index (χ2n) is 6.13. The Morgan fingerprint density at radius 2 is 2.12 bits per heavy atom. The van der Waals surface area contributed by atoms with Crippen LogP contribution in [-0.4, -0.2) is 41.0 Å². The van der Waals surface area contributed by atoms with Crippen LogP contribution in [0.4, 0.5) is 5.69 Å². The maximum atomic E-state index is 12.3. The number of amides is 1. The van der Waals surface area contributed by atoms with E-state index in [1.807, 2.05) is 0 Å². The number of carbonyl (C=O) groups is 3. The first-order valence-electron chi connectivity index (χ1n) is 7.57. The van der Waals surface area contributed by atoms with Crippen LogP contribution in [0.15, 0.2) is 36.4 Å². The monoisotopic (exact) mass is 344 g/mol. The molecular weight excluding hydrogens is 332 g/mol. The molecule has 0 saturated carbocycles. The summed E-state index contributed by atoms with van der Waals surface area (Å²) in [4.78, 5) is 46.2. The van der Waals surface area contributed by atoms with E-state index in [2.05, 4.69) is 10.1 Å². The Labute approximate surface area is 140 Å². The number of hydrogen-bond donors (Lipinski definition) is 1. The summed E-state index contributed by atoms with van der Waals surface area (Å²) in [5, 5.41) is 13.4. The molecule has 0 aliphatic carbocycles. The van der Waals surface area contributed by atoms with E-state index in [1.54, 1.807) is 12.2 Å². The molecule has 3 aliphatic heterocycles. The van der Waals surface area contributed by atoms with E-state index in [0.717, 1.165) is 6.07 Å². The van der Waals surface area contributed by atoms with Crippen molar-refractivity contribution < 1.29 is 28.8 Å². The zero-order chi connectivity index (χ0) is 17.8. The second kappa shape index (κ2) is 5.21. The molecule has 25 heavy (non-hydrogen) atoms. The van der Waals surface area contributed by atoms with Crippen molar-refractivity contribution in [1.82, 2.24) is 5.32 Å². The lowest BCUT2D eigenvalue weighted by atomic mass is 9.77. The summed E-state index contributed by atoms with van der Waals surface area (Å²) in [6, 6.07) is 5.29. The van der Waals surface area contributed by atoms with Gasteiger partial charge in [-0.1, -0.05) is 18.2 Å². The summed E-state index contributed by atoms with van der Waals surface area (Å²) in [5.41, 5.74) is -1.22. The number of carbonyl (C=O) groups excluding carboxylic acids is 3. The van der Waals surface area contributed by atoms with Gasteiger partial charge in [0.05, 0.1) is 17.6 Å². The van der Waals surface area contributed by atoms with E-state index in [-0.39, 0.29) is 17.8 Å². The molecule has 2 bridgehead atoms. The first kappa shape index (κ1) is 15.5. The van der Waals surface area contributed by atoms with Crippen molar-refractivity contribution in [3.8, 4) is 0 Å². The fourth-order valence-electron chi connectivity index (χ4n) is 3.59. The first-order valence-corrected chi connectivity index (χ1v) is 7.57. The van der Waals surface area contributed by atoms with Gasteiger partial charge >= 0.3 is 11.9 Å². The van der Waals surface area contributed by atoms with Gasteiger partial charge in [0.1, 0.15) is 17.4 Å². The zero-order valence-corrected chi connectivity index (χ0v) is 12.7. The molecule has 128 valence electrons. The molecule has 2 saturated heterocycles. The maximum Gasteiger partial charge on any atom is 0.320 e. The quantitative estimate of drug-likeness (QED) is 0.275. The molecule has 9 nitrogen and oxygen atoms in total. The molecule has 0 aromatic heterocycles. The number of benzene rings is 1. The molecule has 4 rings (SSSR count). The number of nitrogens with zero attached hydrogens (tertiary/aromatic N) is 1. The molecular formula is C16H12N2O7. The highest BCUT2D eigenvalue weighted by molar-refractivity contribution is 5.99. The van der Waals surface area contributed by atoms with Gasteiger partial charge in [-0.2, -0.15) is 0 Å². The van der Waals surface area contributed by atoms with Gasteiger partial charge in [0, 0.05) is 17.7 Å². The normalized spacial score (nSPS) is 31.8. The van der Waals surface area contributed by atoms with Crippen molar-refractivity contribution in [2.24, 2.45) is 11.8 Å². The third kappa shape index (κ3) is 2.23. The summed E-state index contributed by atoms with van der Waals surface area (Å²) >= 11 is 0. The zero-order valence-electron chi connectivity index (χ0n) is 12.7. The third-order valence-corrected chi connectivity index (χ3v) is 4.73. The average molecular weight is 344 g/mol. The number of nitro groups is 1. The van der Waals surface area contributed by atoms with Gasteiger partial charge < -0.3 is 14.8 Å². The van der Waals surface area contributed by atoms with E-state index >= 15 is 0 Å². The minimum atomic E-state index is -1.13. The van der Waals surface area contributed by atoms with Crippen LogP contribution in [0.3, 0.4) is 0 Å². The number of ether oxygens (including phenoxy) is 2. The number of fused-ring (bicyclic) bond motifs is 5. The van der Waals surface area contributed by atoms with Crippen LogP contribution in [0.2, 0.25) is 0 Å². The van der Waals surface area contributed by atoms with Crippen molar-refractivity contribution in [2.45, 2.75) is 11.7 Å². The molecule has 0 radical (unpaired) electrons. The summed E-state index contributed by atoms with van der Waals surface area (Å²) in [6.45, 7) is -0.0505. The maximum absolute atomic E-state index is 12.3. The van der Waals surface area contributed by atoms with Crippen LogP contribution in [0.1, 0.15) is 10.4 Å². The van der Waals surface area contributed by atoms with Crippen LogP contribution in [0, 0.1) is 22.0 Å². The smallest absolute Gasteiger partial charge is 0.320 e. The van der Waals surface area contributed by atoms with E-state index in [4.69, 9.17) is 4.74 Å². The molecule has 1 amide bonds. The van der Waals surface area contributed by atoms with Gasteiger partial charge in [0.2, 0.25) is 0 Å². The van der Waals surface area contributed by atoms with E-state index in [1.165, 1.54) is 18.2 Å². The van der Waals surface area contributed by atoms with E-state index < -0.39 is 46.3 Å². The van der Waals surface area contributed by atoms with Crippen LogP contribution in [-0.2, 0) is 19.1 Å². The predicted octanol–water partition coefficient (Wildman–Crippen LogP) is 0.348. The Bertz CT molecular complexity index is 849. The largest absolute Gasteiger partial charge is 0.393 e. The highest BCUT2D eigenvalue weighted by Gasteiger charge is 2.66. The van der Waals surface area contributed by atoms with Crippen LogP contribution < -0.4 is 5.32 Å². The molecule has 0 spiro atoms. The third-order valence-electron chi connectivity index (χ3n) is 4.73. The molecule has 1 aromatic rings. The van der Waals surface area contributed by atoms with Gasteiger partial charge in [0.25, 0.3) is 11.6 Å². The Kier molecular flexibility index (Phi) is 3.22. The molecule has 3 aliphatic rings. The Morgan fingerprint density at radius 1 is 1.32 bits per heavy atom. The Balaban J connectivity index is 1.52. The van der Waals surface area contributed by atoms with E-state index in [0.29, 0.717) is 0 Å². The van der Waals surface area contributed by atoms with Crippen LogP contribution in [0.25, 0.3) is 0 Å². The molecule has 3 heterocycles. The number of cyclic esters (lactones) is 2. The van der Waals surface area contributed by atoms with Crippen molar-refractivity contribution in [3.63, 3.8) is 0 Å². The fourth-order valence-corrected chi connectivity index (χ4v) is 3.59. The number of nitrogens with one attached hydrogen (secondary N) is 1. The number of non-ortho nitro benzene ring substituents is 1. The lowest BCUT2D eigenvalue weighted by Gasteiger charge is -2.27. The second-order valence-corrected chi connectivity index (χ2v) is 6.13. The SMILES string of the molecule is O=C(NC[C@]12C=C[C@H](O1)[C@@H]1C(=O)OC(=O)[C@@H]12)c1cccc([N+](=O)[O-])c1. The molecule has 0 unspecified atom stereocenters. The highest BCUT2D eigenvalue weighted by Crippen LogP contribution is 2.50. The van der Waals surface area contributed by atoms with Gasteiger partial charge in [-0.25, -0.2) is 0 Å². The van der Waals surface area contributed by atoms with Gasteiger partial charge in [0.15, 0.2) is 0 Å². The van der Waals surface area contributed by atoms with Crippen molar-refractivity contribution in [2.75, 3.05) is 6.54 Å². The Morgan fingerprint density at radius 3 is 2.88 bits per heavy atom. The molecule has 4 atom stereocenters. The van der Waals surface area contributed by atoms with Crippen LogP contribution >= 0.6 is 0 Å². The minimum absolute atomic E-state index is 0.0505. The molecule has 1 N–H and O–H groups in total. The summed E-state index contributed by atoms with van der Waals surface area (Å²) in [6.07, 6.45) is 2.80.